The molecule has 0 radical (unpaired) electrons. The van der Waals surface area contributed by atoms with Crippen LogP contribution in [0.1, 0.15) is 25.3 Å². The van der Waals surface area contributed by atoms with Crippen molar-refractivity contribution in [3.05, 3.63) is 114 Å². The predicted molar refractivity (Wildman–Crippen MR) is 149 cm³/mol. The fourth-order valence-corrected chi connectivity index (χ4v) is 5.49. The van der Waals surface area contributed by atoms with Crippen molar-refractivity contribution in [2.75, 3.05) is 10.9 Å². The Morgan fingerprint density at radius 2 is 1.49 bits per heavy atom. The van der Waals surface area contributed by atoms with Crippen molar-refractivity contribution in [3.8, 4) is 16.9 Å². The van der Waals surface area contributed by atoms with Gasteiger partial charge in [-0.05, 0) is 66.4 Å². The summed E-state index contributed by atoms with van der Waals surface area (Å²) in [5.74, 6) is -0.222. The van der Waals surface area contributed by atoms with Crippen LogP contribution in [0.5, 0.6) is 5.75 Å². The molecule has 4 aromatic rings. The Kier molecular flexibility index (Phi) is 8.64. The molecular formula is C30H28ClNO4S. The molecule has 190 valence electrons. The van der Waals surface area contributed by atoms with Gasteiger partial charge in [-0.1, -0.05) is 85.6 Å². The molecule has 7 heteroatoms. The first kappa shape index (κ1) is 26.5. The quantitative estimate of drug-likeness (QED) is 0.217. The monoisotopic (exact) mass is 533 g/mol. The molecule has 0 spiro atoms. The van der Waals surface area contributed by atoms with Crippen LogP contribution in [-0.4, -0.2) is 20.9 Å². The van der Waals surface area contributed by atoms with E-state index < -0.39 is 22.5 Å². The molecule has 0 aliphatic heterocycles. The second kappa shape index (κ2) is 12.1. The molecule has 0 aromatic heterocycles. The molecule has 0 saturated heterocycles. The first-order chi connectivity index (χ1) is 17.9. The number of carbonyl (C=O) groups excluding carboxylic acids is 1. The summed E-state index contributed by atoms with van der Waals surface area (Å²) >= 11 is 5.97. The van der Waals surface area contributed by atoms with Crippen LogP contribution < -0.4 is 9.04 Å². The van der Waals surface area contributed by atoms with Crippen LogP contribution in [0, 0.1) is 0 Å². The highest BCUT2D eigenvalue weighted by molar-refractivity contribution is 7.93. The van der Waals surface area contributed by atoms with E-state index in [9.17, 15) is 13.2 Å². The van der Waals surface area contributed by atoms with E-state index in [0.29, 0.717) is 10.8 Å². The standard InChI is InChI=1S/C30H28ClNO4S/c1-2-3-9-23-14-18-26(19-15-23)32(37(34,35)27-20-16-25(31)17-21-27)30(33)22-36-29-13-8-7-12-28(29)24-10-5-4-6-11-24/h4-8,10-21H,2-3,9,22H2,1H3. The van der Waals surface area contributed by atoms with Gasteiger partial charge >= 0.3 is 0 Å². The lowest BCUT2D eigenvalue weighted by Crippen LogP contribution is -2.40. The van der Waals surface area contributed by atoms with Crippen molar-refractivity contribution in [2.24, 2.45) is 0 Å². The number of para-hydroxylation sites is 1. The molecular weight excluding hydrogens is 506 g/mol. The summed E-state index contributed by atoms with van der Waals surface area (Å²) in [6.07, 6.45) is 2.97. The predicted octanol–water partition coefficient (Wildman–Crippen LogP) is 7.15. The number of aryl methyl sites for hydroxylation is 1. The summed E-state index contributed by atoms with van der Waals surface area (Å²) in [6, 6.07) is 29.8. The number of nitrogens with zero attached hydrogens (tertiary/aromatic N) is 1. The summed E-state index contributed by atoms with van der Waals surface area (Å²) < 4.78 is 34.0. The molecule has 4 rings (SSSR count). The van der Waals surface area contributed by atoms with Crippen LogP contribution in [-0.2, 0) is 21.2 Å². The average molecular weight is 534 g/mol. The first-order valence-electron chi connectivity index (χ1n) is 12.1. The summed E-state index contributed by atoms with van der Waals surface area (Å²) in [5, 5.41) is 0.401. The lowest BCUT2D eigenvalue weighted by molar-refractivity contribution is -0.119. The largest absolute Gasteiger partial charge is 0.483 e. The first-order valence-corrected chi connectivity index (χ1v) is 13.9. The molecule has 0 N–H and O–H groups in total. The van der Waals surface area contributed by atoms with Crippen LogP contribution in [0.3, 0.4) is 0 Å². The Morgan fingerprint density at radius 1 is 0.838 bits per heavy atom. The molecule has 1 amide bonds. The number of unbranched alkanes of at least 4 members (excludes halogenated alkanes) is 1. The highest BCUT2D eigenvalue weighted by Crippen LogP contribution is 2.30. The molecule has 37 heavy (non-hydrogen) atoms. The van der Waals surface area contributed by atoms with E-state index in [1.54, 1.807) is 18.2 Å². The van der Waals surface area contributed by atoms with E-state index >= 15 is 0 Å². The highest BCUT2D eigenvalue weighted by Gasteiger charge is 2.31. The zero-order chi connectivity index (χ0) is 26.3. The summed E-state index contributed by atoms with van der Waals surface area (Å²) in [4.78, 5) is 13.5. The van der Waals surface area contributed by atoms with Gasteiger partial charge in [0.15, 0.2) is 6.61 Å². The number of ether oxygens (including phenoxy) is 1. The molecule has 0 fully saturated rings. The van der Waals surface area contributed by atoms with E-state index in [-0.39, 0.29) is 10.6 Å². The second-order valence-electron chi connectivity index (χ2n) is 8.54. The molecule has 5 nitrogen and oxygen atoms in total. The second-order valence-corrected chi connectivity index (χ2v) is 10.8. The number of sulfonamides is 1. The summed E-state index contributed by atoms with van der Waals surface area (Å²) in [7, 11) is -4.22. The number of carbonyl (C=O) groups is 1. The molecule has 0 atom stereocenters. The van der Waals surface area contributed by atoms with Gasteiger partial charge < -0.3 is 4.74 Å². The zero-order valence-electron chi connectivity index (χ0n) is 20.5. The van der Waals surface area contributed by atoms with Crippen LogP contribution in [0.4, 0.5) is 5.69 Å². The minimum atomic E-state index is -4.22. The summed E-state index contributed by atoms with van der Waals surface area (Å²) in [6.45, 7) is 1.65. The van der Waals surface area contributed by atoms with Crippen LogP contribution >= 0.6 is 11.6 Å². The lowest BCUT2D eigenvalue weighted by Gasteiger charge is -2.23. The van der Waals surface area contributed by atoms with E-state index in [4.69, 9.17) is 16.3 Å². The Morgan fingerprint density at radius 3 is 2.16 bits per heavy atom. The highest BCUT2D eigenvalue weighted by atomic mass is 35.5. The van der Waals surface area contributed by atoms with Crippen molar-refractivity contribution in [3.63, 3.8) is 0 Å². The van der Waals surface area contributed by atoms with Gasteiger partial charge in [-0.3, -0.25) is 4.79 Å². The van der Waals surface area contributed by atoms with Gasteiger partial charge in [0.1, 0.15) is 5.75 Å². The van der Waals surface area contributed by atoms with Crippen molar-refractivity contribution in [1.82, 2.24) is 0 Å². The van der Waals surface area contributed by atoms with E-state index in [1.165, 1.54) is 24.3 Å². The molecule has 0 unspecified atom stereocenters. The molecule has 0 heterocycles. The van der Waals surface area contributed by atoms with Gasteiger partial charge in [0.2, 0.25) is 0 Å². The van der Waals surface area contributed by atoms with Crippen molar-refractivity contribution >= 4 is 33.2 Å². The Hall–Kier alpha value is -3.61. The topological polar surface area (TPSA) is 63.7 Å². The van der Waals surface area contributed by atoms with E-state index in [2.05, 4.69) is 6.92 Å². The summed E-state index contributed by atoms with van der Waals surface area (Å²) in [5.41, 5.74) is 3.07. The smallest absolute Gasteiger partial charge is 0.278 e. The van der Waals surface area contributed by atoms with Crippen molar-refractivity contribution in [2.45, 2.75) is 31.1 Å². The minimum absolute atomic E-state index is 0.0370. The Balaban J connectivity index is 1.65. The third kappa shape index (κ3) is 6.40. The van der Waals surface area contributed by atoms with Gasteiger partial charge in [-0.2, -0.15) is 4.31 Å². The number of amides is 1. The Bertz CT molecular complexity index is 1440. The number of anilines is 1. The lowest BCUT2D eigenvalue weighted by atomic mass is 10.1. The number of hydrogen-bond donors (Lipinski definition) is 0. The molecule has 4 aromatic carbocycles. The van der Waals surface area contributed by atoms with E-state index in [1.807, 2.05) is 60.7 Å². The van der Waals surface area contributed by atoms with E-state index in [0.717, 1.165) is 40.3 Å². The van der Waals surface area contributed by atoms with Gasteiger partial charge in [0.05, 0.1) is 10.6 Å². The van der Waals surface area contributed by atoms with Crippen LogP contribution in [0.25, 0.3) is 11.1 Å². The molecule has 0 aliphatic rings. The van der Waals surface area contributed by atoms with Crippen molar-refractivity contribution < 1.29 is 17.9 Å². The van der Waals surface area contributed by atoms with Gasteiger partial charge in [-0.15, -0.1) is 0 Å². The van der Waals surface area contributed by atoms with Crippen LogP contribution in [0.15, 0.2) is 108 Å². The maximum atomic E-state index is 13.6. The fraction of sp³-hybridized carbons (Fsp3) is 0.167. The fourth-order valence-electron chi connectivity index (χ4n) is 3.95. The maximum absolute atomic E-state index is 13.6. The molecule has 0 bridgehead atoms. The normalized spacial score (nSPS) is 11.2. The Labute approximate surface area is 223 Å². The third-order valence-electron chi connectivity index (χ3n) is 5.89. The van der Waals surface area contributed by atoms with Gasteiger partial charge in [0, 0.05) is 10.6 Å². The number of halogens is 1. The van der Waals surface area contributed by atoms with Crippen LogP contribution in [0.2, 0.25) is 5.02 Å². The molecule has 0 saturated carbocycles. The minimum Gasteiger partial charge on any atom is -0.483 e. The zero-order valence-corrected chi connectivity index (χ0v) is 22.1. The SMILES string of the molecule is CCCCc1ccc(N(C(=O)COc2ccccc2-c2ccccc2)S(=O)(=O)c2ccc(Cl)cc2)cc1. The third-order valence-corrected chi connectivity index (χ3v) is 7.91. The maximum Gasteiger partial charge on any atom is 0.278 e. The van der Waals surface area contributed by atoms with Crippen molar-refractivity contribution in [1.29, 1.82) is 0 Å². The average Bonchev–Trinajstić information content (AvgIpc) is 2.92. The molecule has 0 aliphatic carbocycles. The van der Waals surface area contributed by atoms with Gasteiger partial charge in [-0.25, -0.2) is 8.42 Å². The number of rotatable bonds is 10. The van der Waals surface area contributed by atoms with Gasteiger partial charge in [0.25, 0.3) is 15.9 Å². The number of benzene rings is 4. The number of hydrogen-bond acceptors (Lipinski definition) is 4.